The number of aromatic hydroxyl groups is 3. The molecule has 3 aromatic carbocycles. The van der Waals surface area contributed by atoms with Gasteiger partial charge >= 0.3 is 0 Å². The molecule has 6 N–H and O–H groups in total. The summed E-state index contributed by atoms with van der Waals surface area (Å²) < 4.78 is 9.52. The highest BCUT2D eigenvalue weighted by Crippen LogP contribution is 2.45. The van der Waals surface area contributed by atoms with Crippen LogP contribution in [0.4, 0.5) is 5.69 Å². The number of nitrogens with one attached hydrogen (secondary N) is 3. The van der Waals surface area contributed by atoms with Gasteiger partial charge in [0.1, 0.15) is 6.33 Å². The normalized spacial score (nSPS) is 19.1. The summed E-state index contributed by atoms with van der Waals surface area (Å²) in [7, 11) is 2.84. The van der Waals surface area contributed by atoms with Crippen LogP contribution in [0.2, 0.25) is 0 Å². The highest BCUT2D eigenvalue weighted by atomic mass is 16.3. The van der Waals surface area contributed by atoms with E-state index in [0.29, 0.717) is 46.6 Å². The molecule has 30 nitrogen and oxygen atoms in total. The molecule has 5 fully saturated rings. The number of hydrogen-bond donors (Lipinski definition) is 6. The average Bonchev–Trinajstić information content (AvgIpc) is 1.56. The molecule has 2 unspecified atom stereocenters. The Labute approximate surface area is 524 Å². The third-order valence-electron chi connectivity index (χ3n) is 18.6. The molecule has 5 amide bonds. The summed E-state index contributed by atoms with van der Waals surface area (Å²) in [5, 5.41) is 44.2. The number of nitrogens with zero attached hydrogens (tertiary/aromatic N) is 16. The Balaban J connectivity index is 0.681. The fourth-order valence-electron chi connectivity index (χ4n) is 13.4. The molecule has 0 bridgehead atoms. The van der Waals surface area contributed by atoms with Crippen LogP contribution in [-0.4, -0.2) is 147 Å². The van der Waals surface area contributed by atoms with E-state index in [4.69, 9.17) is 19.9 Å². The maximum absolute atomic E-state index is 14.9. The molecule has 10 aromatic rings. The predicted molar refractivity (Wildman–Crippen MR) is 331 cm³/mol. The monoisotopic (exact) mass is 1260 g/mol. The van der Waals surface area contributed by atoms with Gasteiger partial charge < -0.3 is 45.0 Å². The molecule has 93 heavy (non-hydrogen) atoms. The Kier molecular flexibility index (Phi) is 14.0. The van der Waals surface area contributed by atoms with Gasteiger partial charge in [0.05, 0.1) is 89.2 Å². The largest absolute Gasteiger partial charge is 0.501 e. The van der Waals surface area contributed by atoms with E-state index in [0.717, 1.165) is 68.7 Å². The number of benzene rings is 3. The lowest BCUT2D eigenvalue weighted by Crippen LogP contribution is -2.48. The van der Waals surface area contributed by atoms with E-state index in [1.165, 1.54) is 37.4 Å². The summed E-state index contributed by atoms with van der Waals surface area (Å²) >= 11 is 0. The number of carbonyl (C=O) groups excluding carboxylic acids is 5. The van der Waals surface area contributed by atoms with Crippen molar-refractivity contribution in [2.75, 3.05) is 18.4 Å². The molecule has 9 heterocycles. The summed E-state index contributed by atoms with van der Waals surface area (Å²) in [4.78, 5) is 148. The van der Waals surface area contributed by atoms with Crippen molar-refractivity contribution in [1.29, 1.82) is 0 Å². The number of amides is 5. The van der Waals surface area contributed by atoms with Crippen molar-refractivity contribution in [3.63, 3.8) is 0 Å². The maximum Gasteiger partial charge on any atom is 0.296 e. The van der Waals surface area contributed by atoms with Gasteiger partial charge in [-0.05, 0) is 93.7 Å². The second kappa shape index (κ2) is 22.5. The van der Waals surface area contributed by atoms with Crippen LogP contribution in [-0.2, 0) is 30.2 Å². The first-order chi connectivity index (χ1) is 45.0. The molecule has 0 radical (unpaired) electrons. The van der Waals surface area contributed by atoms with E-state index in [1.54, 1.807) is 12.1 Å². The minimum atomic E-state index is -0.971. The van der Waals surface area contributed by atoms with Gasteiger partial charge in [-0.1, -0.05) is 36.4 Å². The van der Waals surface area contributed by atoms with E-state index < -0.39 is 92.6 Å². The van der Waals surface area contributed by atoms with Crippen LogP contribution in [0.15, 0.2) is 106 Å². The van der Waals surface area contributed by atoms with Crippen molar-refractivity contribution < 1.29 is 39.3 Å². The summed E-state index contributed by atoms with van der Waals surface area (Å²) in [5.74, 6) is -5.89. The molecule has 0 spiro atoms. The van der Waals surface area contributed by atoms with Gasteiger partial charge in [-0.25, -0.2) is 49.9 Å². The highest BCUT2D eigenvalue weighted by molar-refractivity contribution is 6.05. The Morgan fingerprint density at radius 1 is 0.495 bits per heavy atom. The number of para-hydroxylation sites is 6. The first-order valence-electron chi connectivity index (χ1n) is 30.6. The van der Waals surface area contributed by atoms with Gasteiger partial charge in [-0.3, -0.25) is 52.1 Å². The van der Waals surface area contributed by atoms with Crippen molar-refractivity contribution in [3.8, 4) is 52.2 Å². The predicted octanol–water partition coefficient (Wildman–Crippen LogP) is 4.02. The van der Waals surface area contributed by atoms with Crippen molar-refractivity contribution >= 4 is 68.3 Å². The number of aromatic nitrogens is 14. The van der Waals surface area contributed by atoms with Crippen LogP contribution in [0.1, 0.15) is 114 Å². The fourth-order valence-corrected chi connectivity index (χ4v) is 13.4. The number of hydrazine groups is 1. The lowest BCUT2D eigenvalue weighted by Gasteiger charge is -2.38. The minimum absolute atomic E-state index is 0.00980. The van der Waals surface area contributed by atoms with Crippen molar-refractivity contribution in [2.45, 2.75) is 101 Å². The Bertz CT molecular complexity index is 5000. The molecular formula is C63H59N19O11. The first kappa shape index (κ1) is 57.9. The van der Waals surface area contributed by atoms with Crippen molar-refractivity contribution in [1.82, 2.24) is 87.9 Å². The number of imidazole rings is 3. The van der Waals surface area contributed by atoms with E-state index in [-0.39, 0.29) is 85.5 Å². The summed E-state index contributed by atoms with van der Waals surface area (Å²) in [5.41, 5.74) is -0.0761. The Hall–Kier alpha value is -11.5. The fraction of sp³-hybridized carbons (Fsp3) is 0.333. The quantitative estimate of drug-likeness (QED) is 0.0844. The smallest absolute Gasteiger partial charge is 0.296 e. The second-order valence-electron chi connectivity index (χ2n) is 24.4. The molecular weight excluding hydrogens is 1200 g/mol. The van der Waals surface area contributed by atoms with E-state index in [2.05, 4.69) is 35.9 Å². The van der Waals surface area contributed by atoms with Crippen LogP contribution in [0.25, 0.3) is 68.0 Å². The van der Waals surface area contributed by atoms with Crippen molar-refractivity contribution in [2.24, 2.45) is 20.0 Å². The zero-order valence-corrected chi connectivity index (χ0v) is 50.1. The van der Waals surface area contributed by atoms with Crippen LogP contribution < -0.4 is 32.6 Å². The van der Waals surface area contributed by atoms with Crippen LogP contribution in [0.5, 0.6) is 17.2 Å². The van der Waals surface area contributed by atoms with Gasteiger partial charge in [-0.15, -0.1) is 0 Å². The molecule has 2 saturated heterocycles. The summed E-state index contributed by atoms with van der Waals surface area (Å²) in [6.07, 6.45) is 9.60. The summed E-state index contributed by atoms with van der Waals surface area (Å²) in [6.45, 7) is -0.390. The highest BCUT2D eigenvalue weighted by Gasteiger charge is 2.44. The lowest BCUT2D eigenvalue weighted by atomic mass is 9.79. The zero-order chi connectivity index (χ0) is 64.2. The first-order valence-corrected chi connectivity index (χ1v) is 30.6. The number of hydrogen-bond acceptors (Lipinski definition) is 19. The van der Waals surface area contributed by atoms with E-state index in [1.807, 2.05) is 74.4 Å². The van der Waals surface area contributed by atoms with Gasteiger partial charge in [0, 0.05) is 38.8 Å². The second-order valence-corrected chi connectivity index (χ2v) is 24.4. The van der Waals surface area contributed by atoms with E-state index in [9.17, 15) is 53.7 Å². The molecule has 2 atom stereocenters. The zero-order valence-electron chi connectivity index (χ0n) is 50.1. The number of rotatable bonds is 15. The maximum atomic E-state index is 14.9. The SMILES string of the molecule is Cn1c(-c2nc3ccccc3n2C2CC(Cn3c(-c4nc5ccccc5n4C4CCC4)nc(C(=O)NC4CC(=O)N(N5CC(NC(=O)c6nc(-c7nc8ccccc8n7C7CCC7)n(C)c(=O)c6O)CC5=O)C4)c(O)c3=O)C2)nc(C(=O)Nc2cncnc2)c(O)c1=O. The van der Waals surface area contributed by atoms with Crippen LogP contribution >= 0.6 is 0 Å². The number of anilines is 1. The van der Waals surface area contributed by atoms with Gasteiger partial charge in [0.25, 0.3) is 34.4 Å². The van der Waals surface area contributed by atoms with Crippen LogP contribution in [0.3, 0.4) is 0 Å². The molecule has 3 aliphatic carbocycles. The van der Waals surface area contributed by atoms with Crippen LogP contribution in [0, 0.1) is 5.92 Å². The molecule has 30 heteroatoms. The minimum Gasteiger partial charge on any atom is -0.501 e. The van der Waals surface area contributed by atoms with Crippen molar-refractivity contribution in [3.05, 3.63) is 140 Å². The molecule has 15 rings (SSSR count). The Morgan fingerprint density at radius 2 is 0.892 bits per heavy atom. The third kappa shape index (κ3) is 9.77. The molecule has 2 aliphatic heterocycles. The van der Waals surface area contributed by atoms with Gasteiger partial charge in [0.15, 0.2) is 52.0 Å². The molecule has 472 valence electrons. The average molecular weight is 1260 g/mol. The van der Waals surface area contributed by atoms with Gasteiger partial charge in [0.2, 0.25) is 29.1 Å². The lowest BCUT2D eigenvalue weighted by molar-refractivity contribution is -0.155. The van der Waals surface area contributed by atoms with E-state index >= 15 is 0 Å². The third-order valence-corrected chi connectivity index (χ3v) is 18.6. The molecule has 7 aromatic heterocycles. The number of fused-ring (bicyclic) bond motifs is 3. The van der Waals surface area contributed by atoms with Gasteiger partial charge in [-0.2, -0.15) is 0 Å². The number of carbonyl (C=O) groups is 5. The molecule has 3 saturated carbocycles. The molecule has 5 aliphatic rings. The topological polar surface area (TPSA) is 373 Å². The Morgan fingerprint density at radius 3 is 1.33 bits per heavy atom. The standard InChI is InChI=1S/C63H59N19O11/c1-75-52(55-69-38-15-3-6-18-41(38)80(55)35-11-9-12-35)72-46(49(85)61(75)91)58(88)66-32-23-44(83)78(28-32)79-29-33(24-45(79)84)67-59(89)48-51(87)63(93)77(54(74-48)57-71-39-16-4-7-19-42(39)81(57)36-13-10-14-36)27-31-21-37(22-31)82-43-20-8-5-17-40(43)70-56(82)53-73-47(50(86)62(92)76(53)2)60(90)68-34-25-64-30-65-26-34/h3-8,15-20,25-26,30-33,35-37,85-87H,9-14,21-24,27-29H2,1-2H3,(H,66,88)(H,67,89)(H,68,90). The summed E-state index contributed by atoms with van der Waals surface area (Å²) in [6, 6.07) is 20.1.